The first-order valence-electron chi connectivity index (χ1n) is 8.84. The van der Waals surface area contributed by atoms with Gasteiger partial charge in [-0.15, -0.1) is 11.3 Å². The average molecular weight is 390 g/mol. The maximum Gasteiger partial charge on any atom is 0.349 e. The zero-order valence-electron chi connectivity index (χ0n) is 15.5. The zero-order chi connectivity index (χ0) is 19.7. The van der Waals surface area contributed by atoms with Gasteiger partial charge >= 0.3 is 5.97 Å². The van der Waals surface area contributed by atoms with Crippen LogP contribution in [0.4, 0.5) is 0 Å². The highest BCUT2D eigenvalue weighted by Crippen LogP contribution is 2.29. The molecule has 2 aromatic carbocycles. The number of aryl methyl sites for hydroxylation is 2. The number of carbonyl (C=O) groups is 1. The van der Waals surface area contributed by atoms with Gasteiger partial charge in [-0.3, -0.25) is 4.79 Å². The Morgan fingerprint density at radius 3 is 2.50 bits per heavy atom. The van der Waals surface area contributed by atoms with E-state index in [-0.39, 0.29) is 12.2 Å². The first-order chi connectivity index (χ1) is 13.5. The normalized spacial score (nSPS) is 10.9. The van der Waals surface area contributed by atoms with Crippen LogP contribution in [0.25, 0.3) is 21.6 Å². The third kappa shape index (κ3) is 3.46. The van der Waals surface area contributed by atoms with Crippen LogP contribution in [-0.4, -0.2) is 15.9 Å². The lowest BCUT2D eigenvalue weighted by atomic mass is 10.1. The van der Waals surface area contributed by atoms with Crippen molar-refractivity contribution in [1.29, 1.82) is 0 Å². The molecule has 0 aliphatic carbocycles. The molecule has 0 radical (unpaired) electrons. The third-order valence-corrected chi connectivity index (χ3v) is 5.69. The van der Waals surface area contributed by atoms with Crippen LogP contribution in [0.1, 0.15) is 26.4 Å². The number of esters is 1. The summed E-state index contributed by atoms with van der Waals surface area (Å²) in [5.41, 5.74) is 3.21. The Kier molecular flexibility index (Phi) is 4.79. The van der Waals surface area contributed by atoms with E-state index in [1.807, 2.05) is 61.5 Å². The highest BCUT2D eigenvalue weighted by Gasteiger charge is 2.20. The van der Waals surface area contributed by atoms with Gasteiger partial charge in [0.05, 0.1) is 5.39 Å². The molecule has 2 heterocycles. The molecular weight excluding hydrogens is 372 g/mol. The van der Waals surface area contributed by atoms with Crippen molar-refractivity contribution in [2.45, 2.75) is 20.5 Å². The third-order valence-electron chi connectivity index (χ3n) is 4.52. The number of aromatic nitrogens is 2. The molecule has 1 N–H and O–H groups in total. The van der Waals surface area contributed by atoms with Gasteiger partial charge in [-0.25, -0.2) is 9.78 Å². The van der Waals surface area contributed by atoms with E-state index in [1.54, 1.807) is 6.92 Å². The second-order valence-corrected chi connectivity index (χ2v) is 7.58. The van der Waals surface area contributed by atoms with Crippen molar-refractivity contribution >= 4 is 27.5 Å². The molecule has 0 saturated heterocycles. The Balaban J connectivity index is 1.67. The highest BCUT2D eigenvalue weighted by molar-refractivity contribution is 7.20. The van der Waals surface area contributed by atoms with Crippen LogP contribution in [0.2, 0.25) is 0 Å². The van der Waals surface area contributed by atoms with Gasteiger partial charge in [0.15, 0.2) is 0 Å². The molecule has 2 aromatic heterocycles. The van der Waals surface area contributed by atoms with Crippen molar-refractivity contribution in [3.8, 4) is 11.4 Å². The Morgan fingerprint density at radius 1 is 1.07 bits per heavy atom. The molecule has 0 unspecified atom stereocenters. The molecule has 5 nitrogen and oxygen atoms in total. The fourth-order valence-electron chi connectivity index (χ4n) is 2.98. The lowest BCUT2D eigenvalue weighted by Crippen LogP contribution is -2.10. The number of fused-ring (bicyclic) bond motifs is 1. The van der Waals surface area contributed by atoms with Crippen molar-refractivity contribution in [1.82, 2.24) is 9.97 Å². The molecule has 28 heavy (non-hydrogen) atoms. The lowest BCUT2D eigenvalue weighted by Gasteiger charge is -2.03. The van der Waals surface area contributed by atoms with Gasteiger partial charge in [-0.2, -0.15) is 0 Å². The van der Waals surface area contributed by atoms with Gasteiger partial charge in [0.2, 0.25) is 0 Å². The number of hydrogen-bond acceptors (Lipinski definition) is 5. The predicted molar refractivity (Wildman–Crippen MR) is 111 cm³/mol. The summed E-state index contributed by atoms with van der Waals surface area (Å²) < 4.78 is 5.42. The minimum atomic E-state index is -0.444. The number of carbonyl (C=O) groups excluding carboxylic acids is 1. The van der Waals surface area contributed by atoms with Crippen molar-refractivity contribution in [3.63, 3.8) is 0 Å². The topological polar surface area (TPSA) is 72.0 Å². The summed E-state index contributed by atoms with van der Waals surface area (Å²) in [6.45, 7) is 3.94. The molecule has 4 aromatic rings. The van der Waals surface area contributed by atoms with Crippen LogP contribution in [0, 0.1) is 13.8 Å². The average Bonchev–Trinajstić information content (AvgIpc) is 3.04. The first-order valence-corrected chi connectivity index (χ1v) is 9.66. The van der Waals surface area contributed by atoms with Crippen LogP contribution < -0.4 is 5.56 Å². The summed E-state index contributed by atoms with van der Waals surface area (Å²) in [5, 5.41) is 0.438. The molecule has 0 amide bonds. The number of rotatable bonds is 4. The SMILES string of the molecule is Cc1ccc(-c2nc3sc(C(=O)OCc4ccccc4)c(C)c3c(=O)[nH]2)cc1. The van der Waals surface area contributed by atoms with Gasteiger partial charge in [0.1, 0.15) is 22.1 Å². The lowest BCUT2D eigenvalue weighted by molar-refractivity contribution is 0.0478. The van der Waals surface area contributed by atoms with Crippen molar-refractivity contribution in [2.24, 2.45) is 0 Å². The number of nitrogens with zero attached hydrogens (tertiary/aromatic N) is 1. The maximum atomic E-state index is 12.6. The van der Waals surface area contributed by atoms with Crippen LogP contribution in [-0.2, 0) is 11.3 Å². The molecule has 0 atom stereocenters. The van der Waals surface area contributed by atoms with E-state index in [0.29, 0.717) is 26.5 Å². The fourth-order valence-corrected chi connectivity index (χ4v) is 4.05. The van der Waals surface area contributed by atoms with Crippen molar-refractivity contribution in [2.75, 3.05) is 0 Å². The smallest absolute Gasteiger partial charge is 0.349 e. The standard InChI is InChI=1S/C22H18N2O3S/c1-13-8-10-16(11-9-13)19-23-20(25)17-14(2)18(28-21(17)24-19)22(26)27-12-15-6-4-3-5-7-15/h3-11H,12H2,1-2H3,(H,23,24,25). The van der Waals surface area contributed by atoms with Gasteiger partial charge in [0.25, 0.3) is 5.56 Å². The summed E-state index contributed by atoms with van der Waals surface area (Å²) in [7, 11) is 0. The summed E-state index contributed by atoms with van der Waals surface area (Å²) in [5.74, 6) is 0.0450. The number of nitrogens with one attached hydrogen (secondary N) is 1. The molecule has 0 saturated carbocycles. The van der Waals surface area contributed by atoms with Crippen LogP contribution >= 0.6 is 11.3 Å². The van der Waals surface area contributed by atoms with E-state index < -0.39 is 5.97 Å². The number of aromatic amines is 1. The maximum absolute atomic E-state index is 12.6. The van der Waals surface area contributed by atoms with Gasteiger partial charge in [-0.05, 0) is 25.0 Å². The molecule has 4 rings (SSSR count). The number of ether oxygens (including phenoxy) is 1. The number of benzene rings is 2. The van der Waals surface area contributed by atoms with Crippen molar-refractivity contribution in [3.05, 3.63) is 86.5 Å². The summed E-state index contributed by atoms with van der Waals surface area (Å²) >= 11 is 1.19. The Morgan fingerprint density at radius 2 is 1.79 bits per heavy atom. The molecule has 140 valence electrons. The number of thiophene rings is 1. The Hall–Kier alpha value is -3.25. The van der Waals surface area contributed by atoms with Gasteiger partial charge in [-0.1, -0.05) is 60.2 Å². The van der Waals surface area contributed by atoms with E-state index in [2.05, 4.69) is 9.97 Å². The predicted octanol–water partition coefficient (Wildman–Crippen LogP) is 4.63. The first kappa shape index (κ1) is 18.1. The summed E-state index contributed by atoms with van der Waals surface area (Å²) in [6, 6.07) is 17.2. The van der Waals surface area contributed by atoms with Crippen LogP contribution in [0.15, 0.2) is 59.4 Å². The molecule has 0 bridgehead atoms. The van der Waals surface area contributed by atoms with E-state index in [0.717, 1.165) is 16.7 Å². The minimum Gasteiger partial charge on any atom is -0.457 e. The molecule has 0 aliphatic rings. The van der Waals surface area contributed by atoms with Crippen LogP contribution in [0.5, 0.6) is 0 Å². The van der Waals surface area contributed by atoms with E-state index in [4.69, 9.17) is 4.74 Å². The van der Waals surface area contributed by atoms with Gasteiger partial charge < -0.3 is 9.72 Å². The van der Waals surface area contributed by atoms with E-state index in [1.165, 1.54) is 11.3 Å². The largest absolute Gasteiger partial charge is 0.457 e. The quantitative estimate of drug-likeness (QED) is 0.516. The number of H-pyrrole nitrogens is 1. The van der Waals surface area contributed by atoms with E-state index in [9.17, 15) is 9.59 Å². The molecule has 0 aliphatic heterocycles. The Labute approximate surface area is 165 Å². The second-order valence-electron chi connectivity index (χ2n) is 6.58. The zero-order valence-corrected chi connectivity index (χ0v) is 16.3. The molecular formula is C22H18N2O3S. The molecule has 0 fully saturated rings. The molecule has 0 spiro atoms. The van der Waals surface area contributed by atoms with Gasteiger partial charge in [0, 0.05) is 5.56 Å². The minimum absolute atomic E-state index is 0.186. The fraction of sp³-hybridized carbons (Fsp3) is 0.136. The van der Waals surface area contributed by atoms with Crippen molar-refractivity contribution < 1.29 is 9.53 Å². The summed E-state index contributed by atoms with van der Waals surface area (Å²) in [4.78, 5) is 33.5. The Bertz CT molecular complexity index is 1210. The summed E-state index contributed by atoms with van der Waals surface area (Å²) in [6.07, 6.45) is 0. The monoisotopic (exact) mass is 390 g/mol. The highest BCUT2D eigenvalue weighted by atomic mass is 32.1. The molecule has 6 heteroatoms. The second kappa shape index (κ2) is 7.40. The van der Waals surface area contributed by atoms with Crippen LogP contribution in [0.3, 0.4) is 0 Å². The number of hydrogen-bond donors (Lipinski definition) is 1. The van der Waals surface area contributed by atoms with E-state index >= 15 is 0 Å².